The number of fused-ring (bicyclic) bond motifs is 1. The highest BCUT2D eigenvalue weighted by Crippen LogP contribution is 2.49. The number of rotatable bonds is 6. The minimum atomic E-state index is -0.718. The Bertz CT molecular complexity index is 1990. The maximum Gasteiger partial charge on any atom is 0.319 e. The Balaban J connectivity index is 1.41. The Morgan fingerprint density at radius 2 is 2.04 bits per heavy atom. The lowest BCUT2D eigenvalue weighted by Gasteiger charge is -2.47. The first-order valence-corrected chi connectivity index (χ1v) is 16.5. The fourth-order valence-electron chi connectivity index (χ4n) is 7.13. The number of benzene rings is 2. The van der Waals surface area contributed by atoms with Gasteiger partial charge in [0, 0.05) is 36.6 Å². The largest absolute Gasteiger partial charge is 0.459 e. The van der Waals surface area contributed by atoms with Crippen molar-refractivity contribution < 1.29 is 18.3 Å². The number of nitriles is 1. The molecule has 13 heteroatoms. The molecule has 0 radical (unpaired) electrons. The van der Waals surface area contributed by atoms with Gasteiger partial charge < -0.3 is 20.3 Å². The number of nitrogens with two attached hydrogens (primary N) is 1. The van der Waals surface area contributed by atoms with E-state index in [4.69, 9.17) is 27.1 Å². The van der Waals surface area contributed by atoms with Crippen LogP contribution in [0, 0.1) is 23.0 Å². The number of anilines is 2. The molecule has 0 saturated carbocycles. The number of amides is 1. The number of halogens is 3. The van der Waals surface area contributed by atoms with Gasteiger partial charge in [-0.1, -0.05) is 23.7 Å². The summed E-state index contributed by atoms with van der Waals surface area (Å²) in [5, 5.41) is 10.9. The lowest BCUT2D eigenvalue weighted by atomic mass is 9.91. The maximum atomic E-state index is 17.0. The summed E-state index contributed by atoms with van der Waals surface area (Å²) in [4.78, 5) is 28.0. The third-order valence-corrected chi connectivity index (χ3v) is 10.9. The van der Waals surface area contributed by atoms with Crippen LogP contribution >= 0.6 is 22.9 Å². The van der Waals surface area contributed by atoms with Crippen molar-refractivity contribution in [1.82, 2.24) is 19.8 Å². The average molecular weight is 664 g/mol. The number of hydrogen-bond donors (Lipinski definition) is 1. The van der Waals surface area contributed by atoms with Gasteiger partial charge in [-0.15, -0.1) is 11.3 Å². The van der Waals surface area contributed by atoms with Crippen molar-refractivity contribution in [3.8, 4) is 23.2 Å². The topological polar surface area (TPSA) is 112 Å². The molecule has 9 nitrogen and oxygen atoms in total. The molecule has 4 aromatic rings. The minimum absolute atomic E-state index is 0.0304. The second kappa shape index (κ2) is 11.6. The van der Waals surface area contributed by atoms with Crippen molar-refractivity contribution in [3.63, 3.8) is 0 Å². The summed E-state index contributed by atoms with van der Waals surface area (Å²) in [7, 11) is 2.05. The number of nitrogen functional groups attached to an aromatic ring is 1. The van der Waals surface area contributed by atoms with Gasteiger partial charge in [0.2, 0.25) is 5.91 Å². The van der Waals surface area contributed by atoms with E-state index in [1.807, 2.05) is 6.92 Å². The van der Waals surface area contributed by atoms with Gasteiger partial charge in [0.1, 0.15) is 34.3 Å². The van der Waals surface area contributed by atoms with E-state index in [2.05, 4.69) is 27.9 Å². The van der Waals surface area contributed by atoms with Gasteiger partial charge in [-0.25, -0.2) is 8.78 Å². The normalized spacial score (nSPS) is 19.3. The Morgan fingerprint density at radius 1 is 1.26 bits per heavy atom. The molecule has 1 amide bonds. The van der Waals surface area contributed by atoms with Crippen LogP contribution < -0.4 is 15.4 Å². The van der Waals surface area contributed by atoms with Gasteiger partial charge in [-0.05, 0) is 70.0 Å². The SMILES string of the molecule is C/C=C/C(=O)N1CC(N2CCc3c(Cl)c(-c4ccc(F)c5sc(N)c(C#N)c45)c(F)c4nc(O[C@@H](C)[C@@H]5CCCN5C)nc2c34)C1. The fraction of sp³-hybridized carbons (Fsp3) is 0.394. The zero-order valence-corrected chi connectivity index (χ0v) is 27.2. The zero-order chi connectivity index (χ0) is 32.4. The molecule has 46 heavy (non-hydrogen) atoms. The molecule has 0 aliphatic carbocycles. The number of likely N-dealkylation sites (tertiary alicyclic amines) is 2. The molecule has 2 fully saturated rings. The van der Waals surface area contributed by atoms with Gasteiger partial charge in [0.15, 0.2) is 5.82 Å². The molecule has 2 aromatic heterocycles. The molecular weight excluding hydrogens is 632 g/mol. The van der Waals surface area contributed by atoms with Crippen molar-refractivity contribution in [2.24, 2.45) is 0 Å². The Morgan fingerprint density at radius 3 is 2.74 bits per heavy atom. The van der Waals surface area contributed by atoms with Crippen molar-refractivity contribution in [2.45, 2.75) is 51.3 Å². The number of carbonyl (C=O) groups excluding carboxylic acids is 1. The van der Waals surface area contributed by atoms with Gasteiger partial charge in [0.05, 0.1) is 26.7 Å². The Hall–Kier alpha value is -4.05. The average Bonchev–Trinajstić information content (AvgIpc) is 3.59. The third-order valence-electron chi connectivity index (χ3n) is 9.49. The molecule has 2 atom stereocenters. The molecular formula is C33H32ClF2N7O2S. The van der Waals surface area contributed by atoms with Crippen LogP contribution in [0.2, 0.25) is 5.02 Å². The van der Waals surface area contributed by atoms with Gasteiger partial charge >= 0.3 is 6.01 Å². The van der Waals surface area contributed by atoms with Crippen LogP contribution in [0.15, 0.2) is 24.3 Å². The van der Waals surface area contributed by atoms with Gasteiger partial charge in [-0.2, -0.15) is 15.2 Å². The van der Waals surface area contributed by atoms with Crippen molar-refractivity contribution in [3.05, 3.63) is 52.1 Å². The van der Waals surface area contributed by atoms with Crippen molar-refractivity contribution in [2.75, 3.05) is 43.9 Å². The van der Waals surface area contributed by atoms with E-state index < -0.39 is 11.6 Å². The monoisotopic (exact) mass is 663 g/mol. The summed E-state index contributed by atoms with van der Waals surface area (Å²) >= 11 is 8.00. The summed E-state index contributed by atoms with van der Waals surface area (Å²) in [5.74, 6) is -0.826. The quantitative estimate of drug-likeness (QED) is 0.254. The van der Waals surface area contributed by atoms with E-state index in [0.29, 0.717) is 42.8 Å². The zero-order valence-electron chi connectivity index (χ0n) is 25.6. The Labute approximate surface area is 273 Å². The predicted octanol–water partition coefficient (Wildman–Crippen LogP) is 5.91. The highest BCUT2D eigenvalue weighted by Gasteiger charge is 2.39. The standard InChI is InChI=1S/C33H32ClF2N7O2S/c1-4-6-23(44)42-14-17(15-42)43-12-10-19-26-29(39-33(40-32(26)43)45-16(2)22-7-5-11-41(22)3)28(36)25(27(19)34)18-8-9-21(35)30-24(18)20(13-37)31(38)46-30/h4,6,8-9,16-17,22H,5,7,10-12,14-15,38H2,1-3H3/b6-4+/t16-,22-/m0/s1. The van der Waals surface area contributed by atoms with Crippen LogP contribution in [0.4, 0.5) is 19.6 Å². The molecule has 0 bridgehead atoms. The number of hydrogen-bond acceptors (Lipinski definition) is 9. The maximum absolute atomic E-state index is 17.0. The molecule has 2 saturated heterocycles. The lowest BCUT2D eigenvalue weighted by molar-refractivity contribution is -0.130. The fourth-order valence-corrected chi connectivity index (χ4v) is 8.45. The molecule has 238 valence electrons. The molecule has 0 spiro atoms. The number of allylic oxidation sites excluding steroid dienone is 1. The molecule has 3 aliphatic rings. The first kappa shape index (κ1) is 30.6. The van der Waals surface area contributed by atoms with E-state index in [1.165, 1.54) is 12.1 Å². The molecule has 7 rings (SSSR count). The highest BCUT2D eigenvalue weighted by molar-refractivity contribution is 7.23. The molecule has 3 aliphatic heterocycles. The second-order valence-corrected chi connectivity index (χ2v) is 13.6. The van der Waals surface area contributed by atoms with Crippen LogP contribution in [-0.4, -0.2) is 77.1 Å². The summed E-state index contributed by atoms with van der Waals surface area (Å²) in [6.07, 6.45) is 5.48. The predicted molar refractivity (Wildman–Crippen MR) is 176 cm³/mol. The third kappa shape index (κ3) is 4.75. The van der Waals surface area contributed by atoms with E-state index >= 15 is 4.39 Å². The van der Waals surface area contributed by atoms with E-state index in [0.717, 1.165) is 30.7 Å². The van der Waals surface area contributed by atoms with Crippen LogP contribution in [0.25, 0.3) is 32.1 Å². The van der Waals surface area contributed by atoms with Crippen LogP contribution in [0.1, 0.15) is 37.8 Å². The second-order valence-electron chi connectivity index (χ2n) is 12.1. The molecule has 2 N–H and O–H groups in total. The number of likely N-dealkylation sites (N-methyl/N-ethyl adjacent to an activating group) is 1. The molecule has 2 aromatic carbocycles. The van der Waals surface area contributed by atoms with Crippen molar-refractivity contribution >= 4 is 60.7 Å². The Kier molecular flexibility index (Phi) is 7.74. The number of thiophene rings is 1. The molecule has 0 unspecified atom stereocenters. The summed E-state index contributed by atoms with van der Waals surface area (Å²) < 4.78 is 38.5. The van der Waals surface area contributed by atoms with E-state index in [1.54, 1.807) is 24.0 Å². The number of carbonyl (C=O) groups is 1. The van der Waals surface area contributed by atoms with Gasteiger partial charge in [-0.3, -0.25) is 9.69 Å². The first-order chi connectivity index (χ1) is 22.1. The summed E-state index contributed by atoms with van der Waals surface area (Å²) in [6.45, 7) is 6.26. The van der Waals surface area contributed by atoms with Crippen LogP contribution in [-0.2, 0) is 11.2 Å². The number of ether oxygens (including phenoxy) is 1. The van der Waals surface area contributed by atoms with E-state index in [-0.39, 0.29) is 72.4 Å². The van der Waals surface area contributed by atoms with Crippen molar-refractivity contribution in [1.29, 1.82) is 5.26 Å². The smallest absolute Gasteiger partial charge is 0.319 e. The minimum Gasteiger partial charge on any atom is -0.459 e. The summed E-state index contributed by atoms with van der Waals surface area (Å²) in [5.41, 5.74) is 7.17. The number of nitrogens with zero attached hydrogens (tertiary/aromatic N) is 6. The highest BCUT2D eigenvalue weighted by atomic mass is 35.5. The lowest BCUT2D eigenvalue weighted by Crippen LogP contribution is -2.62. The first-order valence-electron chi connectivity index (χ1n) is 15.3. The molecule has 5 heterocycles. The summed E-state index contributed by atoms with van der Waals surface area (Å²) in [6, 6.07) is 4.90. The number of aromatic nitrogens is 2. The van der Waals surface area contributed by atoms with Crippen LogP contribution in [0.3, 0.4) is 0 Å². The van der Waals surface area contributed by atoms with Crippen LogP contribution in [0.5, 0.6) is 6.01 Å². The van der Waals surface area contributed by atoms with Gasteiger partial charge in [0.25, 0.3) is 0 Å². The van der Waals surface area contributed by atoms with E-state index in [9.17, 15) is 14.4 Å².